The molecule has 0 atom stereocenters. The van der Waals surface area contributed by atoms with Gasteiger partial charge >= 0.3 is 5.97 Å². The maximum absolute atomic E-state index is 12.7. The summed E-state index contributed by atoms with van der Waals surface area (Å²) in [5.74, 6) is -0.415. The highest BCUT2D eigenvalue weighted by atomic mass is 32.1. The number of carbonyl (C=O) groups excluding carboxylic acids is 1. The molecule has 0 amide bonds. The van der Waals surface area contributed by atoms with Gasteiger partial charge in [-0.25, -0.2) is 9.78 Å². The first-order chi connectivity index (χ1) is 12.0. The van der Waals surface area contributed by atoms with Crippen LogP contribution in [0.15, 0.2) is 48.0 Å². The van der Waals surface area contributed by atoms with Gasteiger partial charge in [-0.15, -0.1) is 6.58 Å². The highest BCUT2D eigenvalue weighted by molar-refractivity contribution is 7.73. The fourth-order valence-corrected chi connectivity index (χ4v) is 3.80. The fraction of sp³-hybridized carbons (Fsp3) is 0.176. The number of carbonyl (C=O) groups is 1. The third-order valence-electron chi connectivity index (χ3n) is 3.66. The number of fused-ring (bicyclic) bond motifs is 1. The predicted octanol–water partition coefficient (Wildman–Crippen LogP) is 3.01. The van der Waals surface area contributed by atoms with Gasteiger partial charge in [0.2, 0.25) is 0 Å². The van der Waals surface area contributed by atoms with Crippen LogP contribution in [0.5, 0.6) is 0 Å². The highest BCUT2D eigenvalue weighted by Crippen LogP contribution is 2.18. The van der Waals surface area contributed by atoms with Crippen LogP contribution in [0.25, 0.3) is 10.3 Å². The minimum atomic E-state index is -0.415. The van der Waals surface area contributed by atoms with Crippen molar-refractivity contribution in [2.24, 2.45) is 0 Å². The number of allylic oxidation sites excluding steroid dienone is 1. The molecule has 0 aliphatic heterocycles. The summed E-state index contributed by atoms with van der Waals surface area (Å²) in [4.78, 5) is 28.8. The molecule has 1 aromatic carbocycles. The average Bonchev–Trinajstić information content (AvgIpc) is 2.94. The summed E-state index contributed by atoms with van der Waals surface area (Å²) in [6, 6.07) is 6.96. The van der Waals surface area contributed by atoms with Gasteiger partial charge in [-0.05, 0) is 29.9 Å². The molecular weight excluding hydrogens is 358 g/mol. The Morgan fingerprint density at radius 2 is 2.28 bits per heavy atom. The lowest BCUT2D eigenvalue weighted by Crippen LogP contribution is -2.21. The van der Waals surface area contributed by atoms with Crippen molar-refractivity contribution < 1.29 is 9.53 Å². The van der Waals surface area contributed by atoms with Crippen molar-refractivity contribution in [1.82, 2.24) is 14.1 Å². The van der Waals surface area contributed by atoms with Gasteiger partial charge in [-0.2, -0.15) is 0 Å². The molecule has 25 heavy (non-hydrogen) atoms. The van der Waals surface area contributed by atoms with Gasteiger partial charge in [0.05, 0.1) is 19.2 Å². The molecule has 0 unspecified atom stereocenters. The molecule has 0 bridgehead atoms. The van der Waals surface area contributed by atoms with Crippen LogP contribution in [0, 0.1) is 3.95 Å². The maximum atomic E-state index is 12.7. The molecule has 6 nitrogen and oxygen atoms in total. The summed E-state index contributed by atoms with van der Waals surface area (Å²) in [5.41, 5.74) is 1.65. The number of thiazole rings is 1. The maximum Gasteiger partial charge on any atom is 0.337 e. The number of nitrogens with zero attached hydrogens (tertiary/aromatic N) is 3. The summed E-state index contributed by atoms with van der Waals surface area (Å²) in [6.45, 7) is 4.51. The van der Waals surface area contributed by atoms with Crippen LogP contribution in [0.4, 0.5) is 0 Å². The first-order valence-corrected chi connectivity index (χ1v) is 8.64. The van der Waals surface area contributed by atoms with Crippen molar-refractivity contribution in [3.05, 3.63) is 68.7 Å². The van der Waals surface area contributed by atoms with Crippen LogP contribution in [0.3, 0.4) is 0 Å². The van der Waals surface area contributed by atoms with Crippen molar-refractivity contribution in [2.75, 3.05) is 7.11 Å². The van der Waals surface area contributed by atoms with Gasteiger partial charge in [0.15, 0.2) is 9.60 Å². The Bertz CT molecular complexity index is 1080. The lowest BCUT2D eigenvalue weighted by atomic mass is 10.1. The lowest BCUT2D eigenvalue weighted by Gasteiger charge is -2.07. The number of methoxy groups -OCH3 is 1. The van der Waals surface area contributed by atoms with E-state index in [2.05, 4.69) is 11.6 Å². The largest absolute Gasteiger partial charge is 0.465 e. The third-order valence-corrected chi connectivity index (χ3v) is 5.08. The van der Waals surface area contributed by atoms with E-state index in [-0.39, 0.29) is 5.56 Å². The molecule has 0 N–H and O–H groups in total. The van der Waals surface area contributed by atoms with Crippen LogP contribution in [-0.4, -0.2) is 27.2 Å². The lowest BCUT2D eigenvalue weighted by molar-refractivity contribution is 0.0600. The van der Waals surface area contributed by atoms with Crippen molar-refractivity contribution >= 4 is 39.9 Å². The number of hydrogen-bond donors (Lipinski definition) is 0. The standard InChI is InChI=1S/C17H15N3O3S2/c1-3-7-20-14-13(25-17(20)24)15(21)19(10-18-14)9-11-5-4-6-12(8-11)16(22)23-2/h3-6,8,10H,1,7,9H2,2H3. The quantitative estimate of drug-likeness (QED) is 0.391. The van der Waals surface area contributed by atoms with E-state index in [1.54, 1.807) is 28.8 Å². The van der Waals surface area contributed by atoms with Crippen molar-refractivity contribution in [2.45, 2.75) is 13.1 Å². The highest BCUT2D eigenvalue weighted by Gasteiger charge is 2.12. The summed E-state index contributed by atoms with van der Waals surface area (Å²) < 4.78 is 9.11. The number of ether oxygens (including phenoxy) is 1. The number of benzene rings is 1. The zero-order chi connectivity index (χ0) is 18.0. The van der Waals surface area contributed by atoms with E-state index >= 15 is 0 Å². The number of hydrogen-bond acceptors (Lipinski definition) is 6. The fourth-order valence-electron chi connectivity index (χ4n) is 2.49. The molecule has 0 aliphatic carbocycles. The zero-order valence-electron chi connectivity index (χ0n) is 13.5. The molecule has 0 saturated carbocycles. The Morgan fingerprint density at radius 3 is 3.00 bits per heavy atom. The Balaban J connectivity index is 2.02. The van der Waals surface area contributed by atoms with Crippen molar-refractivity contribution in [1.29, 1.82) is 0 Å². The molecule has 0 radical (unpaired) electrons. The molecule has 2 heterocycles. The van der Waals surface area contributed by atoms with Crippen molar-refractivity contribution in [3.8, 4) is 0 Å². The SMILES string of the molecule is C=CCn1c(=S)sc2c(=O)n(Cc3cccc(C(=O)OC)c3)cnc21. The molecule has 0 saturated heterocycles. The number of esters is 1. The summed E-state index contributed by atoms with van der Waals surface area (Å²) in [6.07, 6.45) is 3.21. The molecule has 0 fully saturated rings. The Morgan fingerprint density at radius 1 is 1.48 bits per heavy atom. The van der Waals surface area contributed by atoms with Gasteiger partial charge < -0.3 is 9.30 Å². The van der Waals surface area contributed by atoms with E-state index in [1.165, 1.54) is 29.3 Å². The zero-order valence-corrected chi connectivity index (χ0v) is 15.1. The normalized spacial score (nSPS) is 10.8. The first kappa shape index (κ1) is 17.2. The van der Waals surface area contributed by atoms with E-state index in [9.17, 15) is 9.59 Å². The number of aromatic nitrogens is 3. The minimum absolute atomic E-state index is 0.160. The van der Waals surface area contributed by atoms with E-state index < -0.39 is 5.97 Å². The van der Waals surface area contributed by atoms with Crippen LogP contribution >= 0.6 is 23.6 Å². The predicted molar refractivity (Wildman–Crippen MR) is 99.8 cm³/mol. The monoisotopic (exact) mass is 373 g/mol. The minimum Gasteiger partial charge on any atom is -0.465 e. The van der Waals surface area contributed by atoms with E-state index in [4.69, 9.17) is 17.0 Å². The second-order valence-corrected chi connectivity index (χ2v) is 6.93. The van der Waals surface area contributed by atoms with Crippen LogP contribution < -0.4 is 5.56 Å². The van der Waals surface area contributed by atoms with E-state index in [0.29, 0.717) is 33.0 Å². The van der Waals surface area contributed by atoms with E-state index in [1.807, 2.05) is 6.07 Å². The molecular formula is C17H15N3O3S2. The Kier molecular flexibility index (Phi) is 4.91. The van der Waals surface area contributed by atoms with Gasteiger partial charge in [-0.3, -0.25) is 9.36 Å². The topological polar surface area (TPSA) is 66.1 Å². The molecule has 0 aliphatic rings. The van der Waals surface area contributed by atoms with Crippen LogP contribution in [0.2, 0.25) is 0 Å². The Labute approximate surface area is 152 Å². The molecule has 2 aromatic heterocycles. The first-order valence-electron chi connectivity index (χ1n) is 7.42. The summed E-state index contributed by atoms with van der Waals surface area (Å²) in [7, 11) is 1.33. The molecule has 3 rings (SSSR count). The molecule has 0 spiro atoms. The van der Waals surface area contributed by atoms with Gasteiger partial charge in [0, 0.05) is 6.54 Å². The van der Waals surface area contributed by atoms with Crippen LogP contribution in [-0.2, 0) is 17.8 Å². The van der Waals surface area contributed by atoms with Crippen molar-refractivity contribution in [3.63, 3.8) is 0 Å². The van der Waals surface area contributed by atoms with Gasteiger partial charge in [-0.1, -0.05) is 29.5 Å². The second kappa shape index (κ2) is 7.12. The Hall–Kier alpha value is -2.58. The van der Waals surface area contributed by atoms with E-state index in [0.717, 1.165) is 5.56 Å². The second-order valence-electron chi connectivity index (χ2n) is 5.29. The van der Waals surface area contributed by atoms with Gasteiger partial charge in [0.25, 0.3) is 5.56 Å². The smallest absolute Gasteiger partial charge is 0.337 e. The molecule has 8 heteroatoms. The summed E-state index contributed by atoms with van der Waals surface area (Å²) in [5, 5.41) is 0. The third kappa shape index (κ3) is 3.31. The summed E-state index contributed by atoms with van der Waals surface area (Å²) >= 11 is 6.55. The average molecular weight is 373 g/mol. The number of rotatable bonds is 5. The van der Waals surface area contributed by atoms with Crippen LogP contribution in [0.1, 0.15) is 15.9 Å². The van der Waals surface area contributed by atoms with Gasteiger partial charge in [0.1, 0.15) is 11.0 Å². The molecule has 3 aromatic rings. The molecule has 128 valence electrons.